The first-order valence-corrected chi connectivity index (χ1v) is 7.16. The highest BCUT2D eigenvalue weighted by Gasteiger charge is 2.09. The Hall–Kier alpha value is -2.61. The van der Waals surface area contributed by atoms with Crippen molar-refractivity contribution in [2.75, 3.05) is 0 Å². The number of benzene rings is 2. The molecule has 0 saturated carbocycles. The van der Waals surface area contributed by atoms with Gasteiger partial charge in [-0.25, -0.2) is 4.98 Å². The molecule has 0 aliphatic carbocycles. The fraction of sp³-hybridized carbons (Fsp3) is 0.105. The maximum atomic E-state index is 4.86. The zero-order chi connectivity index (χ0) is 14.4. The summed E-state index contributed by atoms with van der Waals surface area (Å²) in [6, 6.07) is 17.0. The third-order valence-corrected chi connectivity index (χ3v) is 4.01. The minimum atomic E-state index is 1.02. The van der Waals surface area contributed by atoms with Gasteiger partial charge in [0.25, 0.3) is 0 Å². The standard InChI is InChI=1S/C19H16N2/c1-13-7-8-16(14(2)11-13)18-12-21-10-9-15-5-3-4-6-17(15)19(21)20-18/h3-12H,1-2H3. The Bertz CT molecular complexity index is 964. The van der Waals surface area contributed by atoms with Crippen LogP contribution in [0.25, 0.3) is 27.7 Å². The summed E-state index contributed by atoms with van der Waals surface area (Å²) in [5.41, 5.74) is 5.80. The van der Waals surface area contributed by atoms with Crippen molar-refractivity contribution < 1.29 is 0 Å². The molecule has 2 aromatic heterocycles. The zero-order valence-corrected chi connectivity index (χ0v) is 12.2. The fourth-order valence-electron chi connectivity index (χ4n) is 2.94. The lowest BCUT2D eigenvalue weighted by Crippen LogP contribution is -1.84. The number of pyridine rings is 1. The van der Waals surface area contributed by atoms with Gasteiger partial charge in [-0.2, -0.15) is 0 Å². The Morgan fingerprint density at radius 2 is 1.81 bits per heavy atom. The summed E-state index contributed by atoms with van der Waals surface area (Å²) in [4.78, 5) is 4.86. The van der Waals surface area contributed by atoms with Crippen LogP contribution in [-0.4, -0.2) is 9.38 Å². The van der Waals surface area contributed by atoms with Crippen LogP contribution in [0.2, 0.25) is 0 Å². The third kappa shape index (κ3) is 1.91. The topological polar surface area (TPSA) is 17.3 Å². The average molecular weight is 272 g/mol. The molecule has 2 heteroatoms. The summed E-state index contributed by atoms with van der Waals surface area (Å²) in [5, 5.41) is 2.42. The van der Waals surface area contributed by atoms with Gasteiger partial charge >= 0.3 is 0 Å². The van der Waals surface area contributed by atoms with Gasteiger partial charge in [-0.05, 0) is 30.9 Å². The predicted octanol–water partition coefficient (Wildman–Crippen LogP) is 4.77. The number of imidazole rings is 1. The second-order valence-electron chi connectivity index (χ2n) is 5.58. The number of aryl methyl sites for hydroxylation is 2. The molecule has 2 heterocycles. The van der Waals surface area contributed by atoms with E-state index in [1.807, 2.05) is 0 Å². The van der Waals surface area contributed by atoms with Crippen molar-refractivity contribution in [3.8, 4) is 11.3 Å². The van der Waals surface area contributed by atoms with Crippen LogP contribution in [0.1, 0.15) is 11.1 Å². The summed E-state index contributed by atoms with van der Waals surface area (Å²) in [6.07, 6.45) is 4.19. The number of rotatable bonds is 1. The Morgan fingerprint density at radius 1 is 0.952 bits per heavy atom. The molecular weight excluding hydrogens is 256 g/mol. The van der Waals surface area contributed by atoms with Crippen molar-refractivity contribution in [3.63, 3.8) is 0 Å². The van der Waals surface area contributed by atoms with E-state index < -0.39 is 0 Å². The molecule has 0 saturated heterocycles. The number of fused-ring (bicyclic) bond motifs is 3. The Balaban J connectivity index is 2.00. The molecule has 4 aromatic rings. The molecule has 0 amide bonds. The maximum Gasteiger partial charge on any atom is 0.145 e. The number of hydrogen-bond donors (Lipinski definition) is 0. The molecule has 0 unspecified atom stereocenters. The van der Waals surface area contributed by atoms with Crippen molar-refractivity contribution in [2.24, 2.45) is 0 Å². The van der Waals surface area contributed by atoms with Crippen LogP contribution in [0.15, 0.2) is 60.9 Å². The number of hydrogen-bond acceptors (Lipinski definition) is 1. The molecular formula is C19H16N2. The van der Waals surface area contributed by atoms with Crippen molar-refractivity contribution >= 4 is 16.4 Å². The van der Waals surface area contributed by atoms with Crippen LogP contribution < -0.4 is 0 Å². The van der Waals surface area contributed by atoms with Crippen molar-refractivity contribution in [2.45, 2.75) is 13.8 Å². The Kier molecular flexibility index (Phi) is 2.58. The summed E-state index contributed by atoms with van der Waals surface area (Å²) >= 11 is 0. The van der Waals surface area contributed by atoms with E-state index in [1.54, 1.807) is 0 Å². The molecule has 102 valence electrons. The van der Waals surface area contributed by atoms with E-state index in [-0.39, 0.29) is 0 Å². The minimum Gasteiger partial charge on any atom is -0.306 e. The van der Waals surface area contributed by atoms with Gasteiger partial charge in [0, 0.05) is 23.3 Å². The van der Waals surface area contributed by atoms with E-state index >= 15 is 0 Å². The van der Waals surface area contributed by atoms with E-state index in [0.29, 0.717) is 0 Å². The average Bonchev–Trinajstić information content (AvgIpc) is 2.91. The lowest BCUT2D eigenvalue weighted by atomic mass is 10.0. The lowest BCUT2D eigenvalue weighted by Gasteiger charge is -2.02. The van der Waals surface area contributed by atoms with E-state index in [4.69, 9.17) is 4.98 Å². The highest BCUT2D eigenvalue weighted by Crippen LogP contribution is 2.26. The van der Waals surface area contributed by atoms with E-state index in [9.17, 15) is 0 Å². The second-order valence-corrected chi connectivity index (χ2v) is 5.58. The molecule has 0 atom stereocenters. The Morgan fingerprint density at radius 3 is 2.67 bits per heavy atom. The maximum absolute atomic E-state index is 4.86. The monoisotopic (exact) mass is 272 g/mol. The van der Waals surface area contributed by atoms with Gasteiger partial charge in [0.1, 0.15) is 5.65 Å². The molecule has 4 rings (SSSR count). The summed E-state index contributed by atoms with van der Waals surface area (Å²) in [5.74, 6) is 0. The van der Waals surface area contributed by atoms with Crippen molar-refractivity contribution in [1.29, 1.82) is 0 Å². The first-order valence-electron chi connectivity index (χ1n) is 7.16. The molecule has 0 aliphatic heterocycles. The molecule has 21 heavy (non-hydrogen) atoms. The number of nitrogens with zero attached hydrogens (tertiary/aromatic N) is 2. The zero-order valence-electron chi connectivity index (χ0n) is 12.2. The summed E-state index contributed by atoms with van der Waals surface area (Å²) in [6.45, 7) is 4.26. The smallest absolute Gasteiger partial charge is 0.145 e. The summed E-state index contributed by atoms with van der Waals surface area (Å²) < 4.78 is 2.11. The SMILES string of the molecule is Cc1ccc(-c2cn3ccc4ccccc4c3n2)c(C)c1. The molecule has 0 bridgehead atoms. The quantitative estimate of drug-likeness (QED) is 0.488. The summed E-state index contributed by atoms with van der Waals surface area (Å²) in [7, 11) is 0. The van der Waals surface area contributed by atoms with Gasteiger partial charge in [0.15, 0.2) is 0 Å². The fourth-order valence-corrected chi connectivity index (χ4v) is 2.94. The molecule has 0 fully saturated rings. The van der Waals surface area contributed by atoms with Crippen LogP contribution in [0.3, 0.4) is 0 Å². The molecule has 2 aromatic carbocycles. The van der Waals surface area contributed by atoms with Gasteiger partial charge in [0.05, 0.1) is 5.69 Å². The molecule has 2 nitrogen and oxygen atoms in total. The largest absolute Gasteiger partial charge is 0.306 e. The molecule has 0 spiro atoms. The van der Waals surface area contributed by atoms with Crippen molar-refractivity contribution in [1.82, 2.24) is 9.38 Å². The van der Waals surface area contributed by atoms with Crippen LogP contribution in [0.5, 0.6) is 0 Å². The van der Waals surface area contributed by atoms with Crippen LogP contribution >= 0.6 is 0 Å². The highest BCUT2D eigenvalue weighted by atomic mass is 15.0. The van der Waals surface area contributed by atoms with E-state index in [0.717, 1.165) is 11.3 Å². The first-order chi connectivity index (χ1) is 10.2. The normalized spacial score (nSPS) is 11.3. The number of aromatic nitrogens is 2. The van der Waals surface area contributed by atoms with Crippen molar-refractivity contribution in [3.05, 3.63) is 72.1 Å². The Labute approximate surface area is 123 Å². The van der Waals surface area contributed by atoms with Gasteiger partial charge in [-0.3, -0.25) is 0 Å². The highest BCUT2D eigenvalue weighted by molar-refractivity contribution is 5.94. The molecule has 0 N–H and O–H groups in total. The van der Waals surface area contributed by atoms with Gasteiger partial charge in [-0.1, -0.05) is 48.0 Å². The first kappa shape index (κ1) is 12.2. The van der Waals surface area contributed by atoms with Gasteiger partial charge in [-0.15, -0.1) is 0 Å². The van der Waals surface area contributed by atoms with E-state index in [1.165, 1.54) is 27.5 Å². The predicted molar refractivity (Wildman–Crippen MR) is 87.6 cm³/mol. The van der Waals surface area contributed by atoms with Gasteiger partial charge < -0.3 is 4.40 Å². The third-order valence-electron chi connectivity index (χ3n) is 4.01. The molecule has 0 radical (unpaired) electrons. The minimum absolute atomic E-state index is 1.02. The van der Waals surface area contributed by atoms with Crippen LogP contribution in [0.4, 0.5) is 0 Å². The lowest BCUT2D eigenvalue weighted by molar-refractivity contribution is 1.20. The van der Waals surface area contributed by atoms with E-state index in [2.05, 4.69) is 79.2 Å². The molecule has 0 aliphatic rings. The van der Waals surface area contributed by atoms with Crippen LogP contribution in [-0.2, 0) is 0 Å². The second kappa shape index (κ2) is 4.45. The van der Waals surface area contributed by atoms with Crippen LogP contribution in [0, 0.1) is 13.8 Å². The van der Waals surface area contributed by atoms with Gasteiger partial charge in [0.2, 0.25) is 0 Å².